The van der Waals surface area contributed by atoms with Crippen LogP contribution in [0.15, 0.2) is 24.3 Å². The standard InChI is InChI=1S/C23H26N4O7/c1-23(2,3)34-22(31)25-9-7-24(8-10-25)19-14-5-4-6-15-18(14)16(13-17(19)27(32)33)21(30)26(11-12-28)20(15)29/h4-6,13,28H,7-12H2,1-3H3. The number of nitro benzene ring substituents is 1. The zero-order valence-corrected chi connectivity index (χ0v) is 19.2. The van der Waals surface area contributed by atoms with E-state index in [4.69, 9.17) is 4.74 Å². The van der Waals surface area contributed by atoms with Gasteiger partial charge in [0.25, 0.3) is 17.5 Å². The lowest BCUT2D eigenvalue weighted by Gasteiger charge is -2.37. The van der Waals surface area contributed by atoms with Crippen LogP contribution in [0.25, 0.3) is 10.8 Å². The Balaban J connectivity index is 1.76. The molecule has 180 valence electrons. The zero-order valence-electron chi connectivity index (χ0n) is 19.2. The zero-order chi connectivity index (χ0) is 24.8. The number of aliphatic hydroxyl groups excluding tert-OH is 1. The molecule has 0 aromatic heterocycles. The van der Waals surface area contributed by atoms with Crippen molar-refractivity contribution in [2.75, 3.05) is 44.2 Å². The first-order chi connectivity index (χ1) is 16.0. The van der Waals surface area contributed by atoms with Crippen LogP contribution in [0.3, 0.4) is 0 Å². The van der Waals surface area contributed by atoms with E-state index in [2.05, 4.69) is 0 Å². The number of anilines is 1. The molecular weight excluding hydrogens is 444 g/mol. The summed E-state index contributed by atoms with van der Waals surface area (Å²) in [4.78, 5) is 54.1. The van der Waals surface area contributed by atoms with Crippen LogP contribution in [0.1, 0.15) is 41.5 Å². The number of benzene rings is 2. The second-order valence-electron chi connectivity index (χ2n) is 9.22. The smallest absolute Gasteiger partial charge is 0.410 e. The minimum absolute atomic E-state index is 0.0569. The maximum absolute atomic E-state index is 13.0. The van der Waals surface area contributed by atoms with Gasteiger partial charge in [0.05, 0.1) is 23.6 Å². The largest absolute Gasteiger partial charge is 0.444 e. The molecule has 2 aromatic rings. The third-order valence-electron chi connectivity index (χ3n) is 5.83. The van der Waals surface area contributed by atoms with Gasteiger partial charge in [-0.1, -0.05) is 12.1 Å². The Morgan fingerprint density at radius 3 is 2.35 bits per heavy atom. The molecular formula is C23H26N4O7. The Morgan fingerprint density at radius 2 is 1.76 bits per heavy atom. The van der Waals surface area contributed by atoms with Crippen molar-refractivity contribution in [3.8, 4) is 0 Å². The molecule has 2 aromatic carbocycles. The van der Waals surface area contributed by atoms with Gasteiger partial charge in [0.2, 0.25) is 0 Å². The molecule has 0 unspecified atom stereocenters. The molecule has 4 rings (SSSR count). The third kappa shape index (κ3) is 4.03. The number of ether oxygens (including phenoxy) is 1. The van der Waals surface area contributed by atoms with E-state index in [1.807, 2.05) is 0 Å². The summed E-state index contributed by atoms with van der Waals surface area (Å²) in [7, 11) is 0. The molecule has 11 nitrogen and oxygen atoms in total. The van der Waals surface area contributed by atoms with Gasteiger partial charge >= 0.3 is 6.09 Å². The van der Waals surface area contributed by atoms with Crippen LogP contribution >= 0.6 is 0 Å². The highest BCUT2D eigenvalue weighted by atomic mass is 16.6. The third-order valence-corrected chi connectivity index (χ3v) is 5.83. The Hall–Kier alpha value is -3.73. The highest BCUT2D eigenvalue weighted by Crippen LogP contribution is 2.42. The fraction of sp³-hybridized carbons (Fsp3) is 0.435. The van der Waals surface area contributed by atoms with Gasteiger partial charge in [0.15, 0.2) is 0 Å². The monoisotopic (exact) mass is 470 g/mol. The minimum atomic E-state index is -0.674. The molecule has 1 saturated heterocycles. The number of imide groups is 1. The molecule has 2 aliphatic rings. The van der Waals surface area contributed by atoms with Crippen molar-refractivity contribution >= 4 is 40.1 Å². The van der Waals surface area contributed by atoms with Crippen molar-refractivity contribution < 1.29 is 29.2 Å². The predicted molar refractivity (Wildman–Crippen MR) is 123 cm³/mol. The quantitative estimate of drug-likeness (QED) is 0.409. The highest BCUT2D eigenvalue weighted by molar-refractivity contribution is 6.27. The van der Waals surface area contributed by atoms with Gasteiger partial charge < -0.3 is 19.6 Å². The predicted octanol–water partition coefficient (Wildman–Crippen LogP) is 2.39. The summed E-state index contributed by atoms with van der Waals surface area (Å²) in [6.45, 7) is 5.97. The molecule has 0 atom stereocenters. The first kappa shape index (κ1) is 23.4. The molecule has 3 amide bonds. The van der Waals surface area contributed by atoms with Crippen LogP contribution in [0.4, 0.5) is 16.2 Å². The van der Waals surface area contributed by atoms with Crippen molar-refractivity contribution in [2.45, 2.75) is 26.4 Å². The summed E-state index contributed by atoms with van der Waals surface area (Å²) in [5, 5.41) is 22.1. The second kappa shape index (κ2) is 8.56. The summed E-state index contributed by atoms with van der Waals surface area (Å²) in [6.07, 6.45) is -0.446. The maximum atomic E-state index is 13.0. The van der Waals surface area contributed by atoms with E-state index in [0.29, 0.717) is 42.6 Å². The van der Waals surface area contributed by atoms with Gasteiger partial charge in [0, 0.05) is 48.6 Å². The van der Waals surface area contributed by atoms with Gasteiger partial charge in [-0.15, -0.1) is 0 Å². The van der Waals surface area contributed by atoms with Crippen LogP contribution in [0, 0.1) is 10.1 Å². The molecule has 11 heteroatoms. The number of aliphatic hydroxyl groups is 1. The fourth-order valence-corrected chi connectivity index (χ4v) is 4.40. The Morgan fingerprint density at radius 1 is 1.12 bits per heavy atom. The Kier molecular flexibility index (Phi) is 5.90. The van der Waals surface area contributed by atoms with Gasteiger partial charge in [-0.25, -0.2) is 4.79 Å². The Labute approximate surface area is 195 Å². The lowest BCUT2D eigenvalue weighted by Crippen LogP contribution is -2.50. The summed E-state index contributed by atoms with van der Waals surface area (Å²) in [6, 6.07) is 6.06. The van der Waals surface area contributed by atoms with E-state index in [9.17, 15) is 29.6 Å². The van der Waals surface area contributed by atoms with E-state index in [1.54, 1.807) is 48.8 Å². The van der Waals surface area contributed by atoms with Crippen molar-refractivity contribution in [1.29, 1.82) is 0 Å². The molecule has 0 bridgehead atoms. The number of hydrogen-bond acceptors (Lipinski definition) is 8. The number of carbonyl (C=O) groups is 3. The molecule has 2 aliphatic heterocycles. The van der Waals surface area contributed by atoms with Gasteiger partial charge in [-0.2, -0.15) is 0 Å². The minimum Gasteiger partial charge on any atom is -0.444 e. The summed E-state index contributed by atoms with van der Waals surface area (Å²) >= 11 is 0. The van der Waals surface area contributed by atoms with Crippen LogP contribution in [-0.2, 0) is 4.74 Å². The molecule has 2 heterocycles. The number of amides is 3. The van der Waals surface area contributed by atoms with E-state index < -0.39 is 35.0 Å². The molecule has 0 aliphatic carbocycles. The fourth-order valence-electron chi connectivity index (χ4n) is 4.40. The van der Waals surface area contributed by atoms with E-state index in [0.717, 1.165) is 4.90 Å². The van der Waals surface area contributed by atoms with Crippen LogP contribution in [0.2, 0.25) is 0 Å². The van der Waals surface area contributed by atoms with E-state index in [1.165, 1.54) is 6.07 Å². The lowest BCUT2D eigenvalue weighted by molar-refractivity contribution is -0.384. The number of rotatable bonds is 4. The molecule has 0 radical (unpaired) electrons. The van der Waals surface area contributed by atoms with Crippen LogP contribution < -0.4 is 4.90 Å². The molecule has 0 spiro atoms. The summed E-state index contributed by atoms with van der Waals surface area (Å²) in [5.74, 6) is -1.22. The SMILES string of the molecule is CC(C)(C)OC(=O)N1CCN(c2c([N+](=O)[O-])cc3c4c(cccc24)C(=O)N(CCO)C3=O)CC1. The second-order valence-corrected chi connectivity index (χ2v) is 9.22. The first-order valence-corrected chi connectivity index (χ1v) is 11.0. The molecule has 1 fully saturated rings. The number of nitro groups is 1. The van der Waals surface area contributed by atoms with Crippen molar-refractivity contribution in [3.63, 3.8) is 0 Å². The highest BCUT2D eigenvalue weighted by Gasteiger charge is 2.37. The van der Waals surface area contributed by atoms with Crippen molar-refractivity contribution in [2.24, 2.45) is 0 Å². The maximum Gasteiger partial charge on any atom is 0.410 e. The van der Waals surface area contributed by atoms with E-state index >= 15 is 0 Å². The van der Waals surface area contributed by atoms with Crippen molar-refractivity contribution in [3.05, 3.63) is 45.5 Å². The first-order valence-electron chi connectivity index (χ1n) is 11.0. The number of β-amino-alcohol motifs (C(OH)–C–C–N with tert-alkyl or cyclic N) is 1. The summed E-state index contributed by atoms with van der Waals surface area (Å²) in [5.41, 5.74) is -0.264. The topological polar surface area (TPSA) is 134 Å². The normalized spacial score (nSPS) is 16.3. The number of carbonyl (C=O) groups excluding carboxylic acids is 3. The Bertz CT molecular complexity index is 1200. The summed E-state index contributed by atoms with van der Waals surface area (Å²) < 4.78 is 5.42. The molecule has 34 heavy (non-hydrogen) atoms. The number of hydrogen-bond donors (Lipinski definition) is 1. The average molecular weight is 470 g/mol. The number of nitrogens with zero attached hydrogens (tertiary/aromatic N) is 4. The average Bonchev–Trinajstić information content (AvgIpc) is 2.78. The van der Waals surface area contributed by atoms with Gasteiger partial charge in [0.1, 0.15) is 11.3 Å². The van der Waals surface area contributed by atoms with Crippen LogP contribution in [0.5, 0.6) is 0 Å². The number of piperazine rings is 1. The van der Waals surface area contributed by atoms with Gasteiger partial charge in [-0.3, -0.25) is 24.6 Å². The molecule has 0 saturated carbocycles. The van der Waals surface area contributed by atoms with Crippen molar-refractivity contribution in [1.82, 2.24) is 9.80 Å². The van der Waals surface area contributed by atoms with Crippen LogP contribution in [-0.4, -0.2) is 82.7 Å². The van der Waals surface area contributed by atoms with E-state index in [-0.39, 0.29) is 23.4 Å². The lowest BCUT2D eigenvalue weighted by atomic mass is 9.91. The van der Waals surface area contributed by atoms with Gasteiger partial charge in [-0.05, 0) is 26.8 Å². The molecule has 1 N–H and O–H groups in total.